The first kappa shape index (κ1) is 23.2. The lowest BCUT2D eigenvalue weighted by Gasteiger charge is -2.10. The number of benzene rings is 2. The first-order valence-corrected chi connectivity index (χ1v) is 11.5. The first-order valence-electron chi connectivity index (χ1n) is 9.39. The quantitative estimate of drug-likeness (QED) is 0.183. The van der Waals surface area contributed by atoms with Gasteiger partial charge in [0.1, 0.15) is 0 Å². The van der Waals surface area contributed by atoms with Gasteiger partial charge in [0.2, 0.25) is 0 Å². The molecule has 9 heteroatoms. The summed E-state index contributed by atoms with van der Waals surface area (Å²) in [7, 11) is 0. The minimum atomic E-state index is -0.228. The minimum Gasteiger partial charge on any atom is -0.298 e. The fraction of sp³-hybridized carbons (Fsp3) is 0.182. The summed E-state index contributed by atoms with van der Waals surface area (Å²) in [5, 5.41) is 14.1. The Labute approximate surface area is 198 Å². The highest BCUT2D eigenvalue weighted by Crippen LogP contribution is 2.26. The lowest BCUT2D eigenvalue weighted by Crippen LogP contribution is -2.21. The Morgan fingerprint density at radius 2 is 1.84 bits per heavy atom. The largest absolute Gasteiger partial charge is 0.298 e. The van der Waals surface area contributed by atoms with E-state index < -0.39 is 0 Å². The number of halogens is 2. The summed E-state index contributed by atoms with van der Waals surface area (Å²) in [6.45, 7) is 8.33. The van der Waals surface area contributed by atoms with Crippen molar-refractivity contribution in [1.82, 2.24) is 20.2 Å². The number of nitrogens with zero attached hydrogens (tertiary/aromatic N) is 4. The highest BCUT2D eigenvalue weighted by molar-refractivity contribution is 9.10. The zero-order valence-corrected chi connectivity index (χ0v) is 20.3. The summed E-state index contributed by atoms with van der Waals surface area (Å²) in [6, 6.07) is 15.1. The average Bonchev–Trinajstić information content (AvgIpc) is 3.13. The van der Waals surface area contributed by atoms with E-state index in [4.69, 9.17) is 11.6 Å². The average molecular weight is 519 g/mol. The van der Waals surface area contributed by atoms with Gasteiger partial charge in [-0.25, -0.2) is 5.43 Å². The maximum Gasteiger partial charge on any atom is 0.250 e. The predicted molar refractivity (Wildman–Crippen MR) is 131 cm³/mol. The van der Waals surface area contributed by atoms with Gasteiger partial charge >= 0.3 is 0 Å². The van der Waals surface area contributed by atoms with Crippen molar-refractivity contribution in [2.24, 2.45) is 5.10 Å². The maximum absolute atomic E-state index is 12.3. The molecule has 3 aromatic rings. The molecule has 0 bridgehead atoms. The summed E-state index contributed by atoms with van der Waals surface area (Å²) < 4.78 is 2.95. The molecular formula is C22H21BrClN5OS. The number of thioether (sulfide) groups is 1. The number of amides is 1. The highest BCUT2D eigenvalue weighted by atomic mass is 79.9. The lowest BCUT2D eigenvalue weighted by molar-refractivity contribution is -0.118. The van der Waals surface area contributed by atoms with E-state index in [1.807, 2.05) is 54.8 Å². The number of allylic oxidation sites excluding steroid dienone is 1. The number of carbonyl (C=O) groups is 1. The third kappa shape index (κ3) is 6.53. The second kappa shape index (κ2) is 10.7. The molecule has 0 saturated heterocycles. The topological polar surface area (TPSA) is 72.2 Å². The Morgan fingerprint density at radius 1 is 1.16 bits per heavy atom. The van der Waals surface area contributed by atoms with Crippen LogP contribution in [0.15, 0.2) is 75.4 Å². The number of carbonyl (C=O) groups excluding carboxylic acids is 1. The second-order valence-corrected chi connectivity index (χ2v) is 9.18. The molecule has 2 aromatic carbocycles. The van der Waals surface area contributed by atoms with Crippen molar-refractivity contribution in [2.75, 3.05) is 5.75 Å². The van der Waals surface area contributed by atoms with Gasteiger partial charge < -0.3 is 0 Å². The van der Waals surface area contributed by atoms with Crippen LogP contribution in [0.4, 0.5) is 0 Å². The Balaban J connectivity index is 1.68. The van der Waals surface area contributed by atoms with Gasteiger partial charge in [0, 0.05) is 21.6 Å². The summed E-state index contributed by atoms with van der Waals surface area (Å²) in [5.41, 5.74) is 6.07. The third-order valence-corrected chi connectivity index (χ3v) is 5.94. The SMILES string of the molecule is C=C(C)Cn1c(SCC(=O)N/N=C(\C)c2ccc(Cl)cc2)nnc1-c1ccc(Br)cc1. The molecule has 3 rings (SSSR count). The van der Waals surface area contributed by atoms with Crippen LogP contribution in [0.25, 0.3) is 11.4 Å². The number of hydrogen-bond donors (Lipinski definition) is 1. The molecule has 160 valence electrons. The van der Waals surface area contributed by atoms with Gasteiger partial charge in [-0.15, -0.1) is 10.2 Å². The molecule has 0 radical (unpaired) electrons. The van der Waals surface area contributed by atoms with E-state index in [1.54, 1.807) is 12.1 Å². The molecule has 0 aliphatic heterocycles. The molecule has 0 aliphatic carbocycles. The minimum absolute atomic E-state index is 0.159. The van der Waals surface area contributed by atoms with Gasteiger partial charge in [0.05, 0.1) is 11.5 Å². The lowest BCUT2D eigenvalue weighted by atomic mass is 10.1. The second-order valence-electron chi connectivity index (χ2n) is 6.88. The maximum atomic E-state index is 12.3. The van der Waals surface area contributed by atoms with Crippen molar-refractivity contribution in [3.8, 4) is 11.4 Å². The molecule has 1 aromatic heterocycles. The van der Waals surface area contributed by atoms with Crippen molar-refractivity contribution in [3.63, 3.8) is 0 Å². The number of hydrogen-bond acceptors (Lipinski definition) is 5. The Hall–Kier alpha value is -2.42. The van der Waals surface area contributed by atoms with E-state index in [0.717, 1.165) is 27.0 Å². The Bertz CT molecular complexity index is 1110. The Kier molecular flexibility index (Phi) is 8.06. The number of rotatable bonds is 8. The highest BCUT2D eigenvalue weighted by Gasteiger charge is 2.16. The standard InChI is InChI=1S/C22H21BrClN5OS/c1-14(2)12-29-21(17-4-8-18(23)9-5-17)27-28-22(29)31-13-20(30)26-25-15(3)16-6-10-19(24)11-7-16/h4-11H,1,12-13H2,2-3H3,(H,26,30)/b25-15+. The first-order chi connectivity index (χ1) is 14.8. The van der Waals surface area contributed by atoms with Gasteiger partial charge in [0.25, 0.3) is 5.91 Å². The van der Waals surface area contributed by atoms with Crippen LogP contribution in [0.1, 0.15) is 19.4 Å². The molecule has 0 aliphatic rings. The van der Waals surface area contributed by atoms with E-state index in [2.05, 4.69) is 43.2 Å². The Morgan fingerprint density at radius 3 is 2.48 bits per heavy atom. The van der Waals surface area contributed by atoms with Crippen molar-refractivity contribution in [1.29, 1.82) is 0 Å². The number of aromatic nitrogens is 3. The van der Waals surface area contributed by atoms with Crippen LogP contribution in [-0.2, 0) is 11.3 Å². The van der Waals surface area contributed by atoms with Crippen molar-refractivity contribution >= 4 is 50.9 Å². The molecule has 0 atom stereocenters. The molecule has 0 saturated carbocycles. The summed E-state index contributed by atoms with van der Waals surface area (Å²) in [6.07, 6.45) is 0. The normalized spacial score (nSPS) is 11.4. The molecule has 1 amide bonds. The molecule has 31 heavy (non-hydrogen) atoms. The van der Waals surface area contributed by atoms with E-state index in [1.165, 1.54) is 11.8 Å². The van der Waals surface area contributed by atoms with Crippen LogP contribution >= 0.6 is 39.3 Å². The fourth-order valence-corrected chi connectivity index (χ4v) is 3.81. The molecular weight excluding hydrogens is 498 g/mol. The van der Waals surface area contributed by atoms with Gasteiger partial charge in [-0.05, 0) is 43.7 Å². The molecule has 0 unspecified atom stereocenters. The zero-order chi connectivity index (χ0) is 22.4. The van der Waals surface area contributed by atoms with Crippen LogP contribution in [-0.4, -0.2) is 32.1 Å². The van der Waals surface area contributed by atoms with Gasteiger partial charge in [-0.2, -0.15) is 5.10 Å². The predicted octanol–water partition coefficient (Wildman–Crippen LogP) is 5.57. The molecule has 1 heterocycles. The van der Waals surface area contributed by atoms with E-state index in [-0.39, 0.29) is 11.7 Å². The van der Waals surface area contributed by atoms with Gasteiger partial charge in [0.15, 0.2) is 11.0 Å². The summed E-state index contributed by atoms with van der Waals surface area (Å²) in [4.78, 5) is 12.3. The van der Waals surface area contributed by atoms with E-state index in [9.17, 15) is 4.79 Å². The number of nitrogens with one attached hydrogen (secondary N) is 1. The summed E-state index contributed by atoms with van der Waals surface area (Å²) in [5.74, 6) is 0.662. The van der Waals surface area contributed by atoms with E-state index in [0.29, 0.717) is 22.4 Å². The monoisotopic (exact) mass is 517 g/mol. The van der Waals surface area contributed by atoms with Crippen LogP contribution < -0.4 is 5.43 Å². The van der Waals surface area contributed by atoms with Crippen molar-refractivity contribution in [3.05, 3.63) is 75.7 Å². The summed E-state index contributed by atoms with van der Waals surface area (Å²) >= 11 is 10.7. The van der Waals surface area contributed by atoms with Crippen LogP contribution in [0, 0.1) is 0 Å². The zero-order valence-electron chi connectivity index (χ0n) is 17.1. The smallest absolute Gasteiger partial charge is 0.250 e. The van der Waals surface area contributed by atoms with Crippen molar-refractivity contribution in [2.45, 2.75) is 25.5 Å². The van der Waals surface area contributed by atoms with Crippen LogP contribution in [0.3, 0.4) is 0 Å². The van der Waals surface area contributed by atoms with Gasteiger partial charge in [-0.3, -0.25) is 9.36 Å². The molecule has 0 spiro atoms. The molecule has 0 fully saturated rings. The van der Waals surface area contributed by atoms with Crippen molar-refractivity contribution < 1.29 is 4.79 Å². The molecule has 6 nitrogen and oxygen atoms in total. The van der Waals surface area contributed by atoms with E-state index >= 15 is 0 Å². The third-order valence-electron chi connectivity index (χ3n) is 4.19. The van der Waals surface area contributed by atoms with Crippen LogP contribution in [0.2, 0.25) is 5.02 Å². The van der Waals surface area contributed by atoms with Crippen LogP contribution in [0.5, 0.6) is 0 Å². The van der Waals surface area contributed by atoms with Gasteiger partial charge in [-0.1, -0.05) is 75.7 Å². The number of hydrazone groups is 1. The molecule has 1 N–H and O–H groups in total. The fourth-order valence-electron chi connectivity index (χ4n) is 2.68.